The van der Waals surface area contributed by atoms with Crippen molar-refractivity contribution in [3.05, 3.63) is 63.9 Å². The molecule has 1 amide bonds. The first-order valence-corrected chi connectivity index (χ1v) is 8.24. The first kappa shape index (κ1) is 18.1. The summed E-state index contributed by atoms with van der Waals surface area (Å²) in [5.41, 5.74) is 1.24. The molecule has 5 nitrogen and oxygen atoms in total. The highest BCUT2D eigenvalue weighted by molar-refractivity contribution is 7.11. The summed E-state index contributed by atoms with van der Waals surface area (Å²) >= 11 is 1.21. The number of nitrogens with zero attached hydrogens (tertiary/aromatic N) is 3. The van der Waals surface area contributed by atoms with Crippen LogP contribution in [0.5, 0.6) is 0 Å². The van der Waals surface area contributed by atoms with E-state index >= 15 is 0 Å². The smallest absolute Gasteiger partial charge is 0.347 e. The first-order chi connectivity index (χ1) is 12.4. The summed E-state index contributed by atoms with van der Waals surface area (Å²) in [4.78, 5) is 16.1. The van der Waals surface area contributed by atoms with Gasteiger partial charge in [-0.1, -0.05) is 12.1 Å². The van der Waals surface area contributed by atoms with Crippen LogP contribution < -0.4 is 5.32 Å². The molecule has 2 heterocycles. The van der Waals surface area contributed by atoms with Crippen LogP contribution in [-0.4, -0.2) is 20.7 Å². The highest BCUT2D eigenvalue weighted by Gasteiger charge is 2.35. The third-order valence-electron chi connectivity index (χ3n) is 3.50. The number of halogens is 4. The van der Waals surface area contributed by atoms with Crippen LogP contribution >= 0.6 is 11.3 Å². The van der Waals surface area contributed by atoms with Gasteiger partial charge in [0.15, 0.2) is 5.69 Å². The highest BCUT2D eigenvalue weighted by Crippen LogP contribution is 2.29. The minimum atomic E-state index is -4.64. The number of thiazole rings is 1. The van der Waals surface area contributed by atoms with E-state index in [1.54, 1.807) is 17.6 Å². The second kappa shape index (κ2) is 7.24. The predicted octanol–water partition coefficient (Wildman–Crippen LogP) is 3.75. The molecule has 26 heavy (non-hydrogen) atoms. The molecule has 0 atom stereocenters. The maximum absolute atomic E-state index is 13.0. The summed E-state index contributed by atoms with van der Waals surface area (Å²) in [6, 6.07) is 6.96. The van der Waals surface area contributed by atoms with Gasteiger partial charge < -0.3 is 5.32 Å². The van der Waals surface area contributed by atoms with E-state index in [0.29, 0.717) is 16.6 Å². The van der Waals surface area contributed by atoms with Crippen molar-refractivity contribution in [3.8, 4) is 5.69 Å². The lowest BCUT2D eigenvalue weighted by molar-refractivity contribution is -0.141. The van der Waals surface area contributed by atoms with Gasteiger partial charge in [-0.25, -0.2) is 9.07 Å². The van der Waals surface area contributed by atoms with Gasteiger partial charge in [-0.15, -0.1) is 11.3 Å². The monoisotopic (exact) mass is 384 g/mol. The van der Waals surface area contributed by atoms with Crippen LogP contribution in [0.2, 0.25) is 0 Å². The van der Waals surface area contributed by atoms with Crippen molar-refractivity contribution in [2.45, 2.75) is 19.4 Å². The Morgan fingerprint density at radius 1 is 1.23 bits per heavy atom. The minimum absolute atomic E-state index is 0.191. The molecule has 0 aliphatic heterocycles. The van der Waals surface area contributed by atoms with Gasteiger partial charge >= 0.3 is 6.18 Å². The largest absolute Gasteiger partial charge is 0.435 e. The van der Waals surface area contributed by atoms with Crippen LogP contribution in [0.4, 0.5) is 17.6 Å². The van der Waals surface area contributed by atoms with E-state index in [4.69, 9.17) is 0 Å². The predicted molar refractivity (Wildman–Crippen MR) is 86.7 cm³/mol. The van der Waals surface area contributed by atoms with Gasteiger partial charge in [-0.3, -0.25) is 9.78 Å². The second-order valence-electron chi connectivity index (χ2n) is 5.28. The van der Waals surface area contributed by atoms with Gasteiger partial charge in [-0.05, 0) is 23.8 Å². The number of carbonyl (C=O) groups is 1. The molecule has 2 aromatic heterocycles. The Hall–Kier alpha value is -2.75. The lowest BCUT2D eigenvalue weighted by atomic mass is 10.2. The van der Waals surface area contributed by atoms with Crippen LogP contribution in [0.15, 0.2) is 42.0 Å². The molecule has 0 fully saturated rings. The lowest BCUT2D eigenvalue weighted by Gasteiger charge is -2.08. The summed E-state index contributed by atoms with van der Waals surface area (Å²) in [6.45, 7) is -0.838. The number of alkyl halides is 4. The molecule has 0 bridgehead atoms. The zero-order chi connectivity index (χ0) is 18.7. The number of hydrogen-bond donors (Lipinski definition) is 1. The molecular formula is C16H12F4N4OS. The van der Waals surface area contributed by atoms with Crippen molar-refractivity contribution in [2.24, 2.45) is 0 Å². The maximum atomic E-state index is 13.0. The van der Waals surface area contributed by atoms with E-state index < -0.39 is 18.5 Å². The third-order valence-corrected chi connectivity index (χ3v) is 4.27. The molecule has 136 valence electrons. The van der Waals surface area contributed by atoms with E-state index in [2.05, 4.69) is 15.4 Å². The zero-order valence-electron chi connectivity index (χ0n) is 13.1. The van der Waals surface area contributed by atoms with Crippen molar-refractivity contribution in [2.75, 3.05) is 0 Å². The Balaban J connectivity index is 1.73. The molecule has 0 saturated carbocycles. The summed E-state index contributed by atoms with van der Waals surface area (Å²) in [7, 11) is 0. The number of aromatic nitrogens is 3. The number of carbonyl (C=O) groups excluding carboxylic acids is 1. The van der Waals surface area contributed by atoms with Gasteiger partial charge in [0.1, 0.15) is 11.6 Å². The SMILES string of the molecule is O=C(NCc1ccc(-n2nc(C(F)(F)F)cc2CF)cc1)c1cncs1. The molecule has 1 aromatic carbocycles. The Morgan fingerprint density at radius 2 is 1.96 bits per heavy atom. The molecule has 0 aliphatic carbocycles. The van der Waals surface area contributed by atoms with Gasteiger partial charge in [0.05, 0.1) is 23.1 Å². The average Bonchev–Trinajstić information content (AvgIpc) is 3.29. The molecule has 0 radical (unpaired) electrons. The lowest BCUT2D eigenvalue weighted by Crippen LogP contribution is -2.21. The van der Waals surface area contributed by atoms with Gasteiger partial charge in [0.2, 0.25) is 0 Å². The molecule has 1 N–H and O–H groups in total. The number of benzene rings is 1. The average molecular weight is 384 g/mol. The molecule has 3 aromatic rings. The molecule has 0 saturated heterocycles. The number of rotatable bonds is 5. The van der Waals surface area contributed by atoms with Crippen LogP contribution in [0.3, 0.4) is 0 Å². The quantitative estimate of drug-likeness (QED) is 0.682. The number of nitrogens with one attached hydrogen (secondary N) is 1. The Kier molecular flexibility index (Phi) is 5.03. The van der Waals surface area contributed by atoms with Gasteiger partial charge in [-0.2, -0.15) is 18.3 Å². The van der Waals surface area contributed by atoms with Crippen LogP contribution in [0.1, 0.15) is 26.6 Å². The summed E-state index contributed by atoms with van der Waals surface area (Å²) in [6.07, 6.45) is -3.19. The van der Waals surface area contributed by atoms with Gasteiger partial charge in [0.25, 0.3) is 5.91 Å². The van der Waals surface area contributed by atoms with E-state index in [-0.39, 0.29) is 18.1 Å². The molecule has 0 aliphatic rings. The fourth-order valence-electron chi connectivity index (χ4n) is 2.23. The number of amides is 1. The second-order valence-corrected chi connectivity index (χ2v) is 6.17. The minimum Gasteiger partial charge on any atom is -0.347 e. The maximum Gasteiger partial charge on any atom is 0.435 e. The standard InChI is InChI=1S/C16H12F4N4OS/c17-6-12-5-14(16(18,19)20)23-24(12)11-3-1-10(2-4-11)7-22-15(25)13-8-21-9-26-13/h1-5,8-9H,6-7H2,(H,22,25). The Labute approximate surface area is 149 Å². The Bertz CT molecular complexity index is 888. The zero-order valence-corrected chi connectivity index (χ0v) is 13.9. The first-order valence-electron chi connectivity index (χ1n) is 7.36. The molecular weight excluding hydrogens is 372 g/mol. The van der Waals surface area contributed by atoms with Crippen molar-refractivity contribution < 1.29 is 22.4 Å². The normalized spacial score (nSPS) is 11.5. The summed E-state index contributed by atoms with van der Waals surface area (Å²) < 4.78 is 52.2. The van der Waals surface area contributed by atoms with E-state index in [1.165, 1.54) is 29.7 Å². The van der Waals surface area contributed by atoms with E-state index in [9.17, 15) is 22.4 Å². The van der Waals surface area contributed by atoms with Crippen molar-refractivity contribution in [1.29, 1.82) is 0 Å². The van der Waals surface area contributed by atoms with Crippen LogP contribution in [0, 0.1) is 0 Å². The van der Waals surface area contributed by atoms with E-state index in [0.717, 1.165) is 10.2 Å². The van der Waals surface area contributed by atoms with Crippen LogP contribution in [-0.2, 0) is 19.4 Å². The van der Waals surface area contributed by atoms with Gasteiger partial charge in [0, 0.05) is 6.54 Å². The molecule has 0 unspecified atom stereocenters. The molecule has 10 heteroatoms. The van der Waals surface area contributed by atoms with E-state index in [1.807, 2.05) is 0 Å². The topological polar surface area (TPSA) is 59.8 Å². The summed E-state index contributed by atoms with van der Waals surface area (Å²) in [5.74, 6) is -0.266. The molecule has 0 spiro atoms. The third kappa shape index (κ3) is 3.90. The molecule has 3 rings (SSSR count). The van der Waals surface area contributed by atoms with Crippen molar-refractivity contribution >= 4 is 17.2 Å². The highest BCUT2D eigenvalue weighted by atomic mass is 32.1. The number of hydrogen-bond acceptors (Lipinski definition) is 4. The Morgan fingerprint density at radius 3 is 2.54 bits per heavy atom. The van der Waals surface area contributed by atoms with Crippen molar-refractivity contribution in [1.82, 2.24) is 20.1 Å². The summed E-state index contributed by atoms with van der Waals surface area (Å²) in [5, 5.41) is 6.14. The van der Waals surface area contributed by atoms with Crippen LogP contribution in [0.25, 0.3) is 5.69 Å². The fraction of sp³-hybridized carbons (Fsp3) is 0.188. The van der Waals surface area contributed by atoms with Crippen molar-refractivity contribution in [3.63, 3.8) is 0 Å². The fourth-order valence-corrected chi connectivity index (χ4v) is 2.77.